The fourth-order valence-electron chi connectivity index (χ4n) is 11.6. The molecule has 0 radical (unpaired) electrons. The minimum atomic E-state index is -5.68. The van der Waals surface area contributed by atoms with Crippen LogP contribution in [-0.2, 0) is 61.2 Å². The first kappa shape index (κ1) is 82.2. The Morgan fingerprint density at radius 2 is 0.711 bits per heavy atom. The number of carbonyl (C=O) groups is 3. The molecular formula is C65H121O24P. The predicted molar refractivity (Wildman–Crippen MR) is 333 cm³/mol. The molecule has 3 aliphatic rings. The Morgan fingerprint density at radius 3 is 1.09 bits per heavy atom. The van der Waals surface area contributed by atoms with E-state index in [1.807, 2.05) is 0 Å². The maximum Gasteiger partial charge on any atom is 0.472 e. The molecule has 18 atom stereocenters. The van der Waals surface area contributed by atoms with Gasteiger partial charge in [-0.05, 0) is 19.3 Å². The molecule has 2 aliphatic heterocycles. The van der Waals surface area contributed by atoms with Gasteiger partial charge in [-0.15, -0.1) is 0 Å². The Morgan fingerprint density at radius 1 is 0.389 bits per heavy atom. The predicted octanol–water partition coefficient (Wildman–Crippen LogP) is 7.84. The Balaban J connectivity index is 1.77. The molecule has 90 heavy (non-hydrogen) atoms. The van der Waals surface area contributed by atoms with Gasteiger partial charge in [-0.3, -0.25) is 23.4 Å². The number of phosphoric ester groups is 1. The maximum atomic E-state index is 14.3. The van der Waals surface area contributed by atoms with Gasteiger partial charge in [-0.2, -0.15) is 0 Å². The van der Waals surface area contributed by atoms with E-state index >= 15 is 0 Å². The van der Waals surface area contributed by atoms with Crippen molar-refractivity contribution < 1.29 is 117 Å². The molecule has 0 aromatic carbocycles. The number of hydrogen-bond acceptors (Lipinski definition) is 23. The van der Waals surface area contributed by atoms with Crippen LogP contribution in [0.1, 0.15) is 265 Å². The summed E-state index contributed by atoms with van der Waals surface area (Å²) in [7, 11) is -5.68. The third-order valence-corrected chi connectivity index (χ3v) is 18.4. The average Bonchev–Trinajstić information content (AvgIpc) is 0.829. The first-order valence-corrected chi connectivity index (χ1v) is 36.3. The lowest BCUT2D eigenvalue weighted by atomic mass is 9.84. The molecule has 530 valence electrons. The number of rotatable bonds is 53. The number of aliphatic hydroxyl groups is 10. The lowest BCUT2D eigenvalue weighted by Crippen LogP contribution is -2.69. The molecule has 18 unspecified atom stereocenters. The lowest BCUT2D eigenvalue weighted by Gasteiger charge is -2.49. The lowest BCUT2D eigenvalue weighted by molar-refractivity contribution is -0.360. The number of hydrogen-bond donors (Lipinski definition) is 11. The van der Waals surface area contributed by atoms with E-state index in [4.69, 9.17) is 42.2 Å². The van der Waals surface area contributed by atoms with Crippen LogP contribution in [0.4, 0.5) is 0 Å². The summed E-state index contributed by atoms with van der Waals surface area (Å²) in [6, 6.07) is 0. The van der Waals surface area contributed by atoms with Gasteiger partial charge in [-0.25, -0.2) is 4.57 Å². The first-order valence-electron chi connectivity index (χ1n) is 34.8. The summed E-state index contributed by atoms with van der Waals surface area (Å²) in [6.45, 7) is 3.40. The van der Waals surface area contributed by atoms with Crippen molar-refractivity contribution in [2.24, 2.45) is 0 Å². The van der Waals surface area contributed by atoms with Crippen LogP contribution in [0.15, 0.2) is 0 Å². The molecule has 1 saturated carbocycles. The van der Waals surface area contributed by atoms with Gasteiger partial charge in [0.1, 0.15) is 98.7 Å². The highest BCUT2D eigenvalue weighted by molar-refractivity contribution is 7.47. The summed E-state index contributed by atoms with van der Waals surface area (Å²) < 4.78 is 64.7. The highest BCUT2D eigenvalue weighted by Gasteiger charge is 2.58. The van der Waals surface area contributed by atoms with Gasteiger partial charge in [0, 0.05) is 19.3 Å². The van der Waals surface area contributed by atoms with Crippen LogP contribution in [0.5, 0.6) is 0 Å². The van der Waals surface area contributed by atoms with E-state index in [-0.39, 0.29) is 19.3 Å². The van der Waals surface area contributed by atoms with Gasteiger partial charge in [0.25, 0.3) is 0 Å². The molecule has 0 bridgehead atoms. The molecule has 2 heterocycles. The second kappa shape index (κ2) is 48.6. The van der Waals surface area contributed by atoms with Crippen molar-refractivity contribution in [3.05, 3.63) is 0 Å². The topological polar surface area (TPSA) is 374 Å². The summed E-state index contributed by atoms with van der Waals surface area (Å²) in [5.41, 5.74) is 0. The monoisotopic (exact) mass is 1320 g/mol. The summed E-state index contributed by atoms with van der Waals surface area (Å²) >= 11 is 0. The van der Waals surface area contributed by atoms with Crippen molar-refractivity contribution >= 4 is 25.7 Å². The smallest absolute Gasteiger partial charge is 0.463 e. The molecular weight excluding hydrogens is 1200 g/mol. The summed E-state index contributed by atoms with van der Waals surface area (Å²) in [6.07, 6.45) is 2.20. The molecule has 0 aromatic rings. The number of unbranched alkanes of at least 4 members (excludes halogenated alkanes) is 32. The molecule has 3 rings (SSSR count). The van der Waals surface area contributed by atoms with Crippen LogP contribution in [0.2, 0.25) is 0 Å². The molecule has 0 aromatic heterocycles. The van der Waals surface area contributed by atoms with E-state index in [1.54, 1.807) is 0 Å². The minimum Gasteiger partial charge on any atom is -0.463 e. The van der Waals surface area contributed by atoms with Crippen molar-refractivity contribution in [3.8, 4) is 0 Å². The van der Waals surface area contributed by atoms with Crippen LogP contribution in [0.25, 0.3) is 0 Å². The molecule has 1 aliphatic carbocycles. The second-order valence-corrected chi connectivity index (χ2v) is 26.7. The van der Waals surface area contributed by atoms with Gasteiger partial charge in [-0.1, -0.05) is 226 Å². The third-order valence-electron chi connectivity index (χ3n) is 17.4. The Kier molecular flexibility index (Phi) is 44.4. The average molecular weight is 1320 g/mol. The Labute approximate surface area is 536 Å². The second-order valence-electron chi connectivity index (χ2n) is 25.3. The number of esters is 3. The fraction of sp³-hybridized carbons (Fsp3) is 0.954. The van der Waals surface area contributed by atoms with Crippen molar-refractivity contribution in [1.29, 1.82) is 0 Å². The van der Waals surface area contributed by atoms with E-state index in [0.29, 0.717) is 19.3 Å². The van der Waals surface area contributed by atoms with E-state index in [1.165, 1.54) is 116 Å². The Bertz CT molecular complexity index is 1890. The fourth-order valence-corrected chi connectivity index (χ4v) is 12.6. The van der Waals surface area contributed by atoms with Crippen LogP contribution >= 0.6 is 7.82 Å². The van der Waals surface area contributed by atoms with Gasteiger partial charge in [0.15, 0.2) is 18.7 Å². The normalized spacial score (nSPS) is 29.0. The highest BCUT2D eigenvalue weighted by Crippen LogP contribution is 2.49. The molecule has 24 nitrogen and oxygen atoms in total. The third kappa shape index (κ3) is 32.6. The van der Waals surface area contributed by atoms with Crippen molar-refractivity contribution in [1.82, 2.24) is 0 Å². The standard InChI is InChI=1S/C65H121O24P/c1-4-7-10-13-16-19-22-23-26-28-30-33-36-39-49(67)81-43-46(84-51(69)41-38-35-32-29-25-21-18-15-12-9-6-3)44-83-90(79,80)89-63-61(87-64-59(77)54(72)52(70)47(42-66)85-64)57(75)56(74)58(76)62(63)88-65-60(78)55(73)53(71)48(86-65)45-82-50(68)40-37-34-31-27-24-20-17-14-11-8-5-2/h46-48,52-66,70-78H,4-45H2,1-3H3,(H,79,80). The number of ether oxygens (including phenoxy) is 7. The molecule has 2 saturated heterocycles. The van der Waals surface area contributed by atoms with Crippen molar-refractivity contribution in [2.75, 3.05) is 26.4 Å². The summed E-state index contributed by atoms with van der Waals surface area (Å²) in [4.78, 5) is 50.7. The zero-order chi connectivity index (χ0) is 66.1. The van der Waals surface area contributed by atoms with Crippen LogP contribution in [-0.4, -0.2) is 204 Å². The van der Waals surface area contributed by atoms with Crippen molar-refractivity contribution in [2.45, 2.75) is 369 Å². The maximum absolute atomic E-state index is 14.3. The SMILES string of the molecule is CCCCCCCCCCCCCCCC(=O)OCC(COP(=O)(O)OC1C(OC2OC(CO)C(O)C(O)C2O)C(O)C(O)C(O)C1OC1OC(COC(=O)CCCCCCCCCCCCC)C(O)C(O)C1O)OC(=O)CCCCCCCCCCCCC. The Hall–Kier alpha value is -2.04. The van der Waals surface area contributed by atoms with E-state index in [9.17, 15) is 74.9 Å². The van der Waals surface area contributed by atoms with Crippen LogP contribution < -0.4 is 0 Å². The number of phosphoric acid groups is 1. The number of carbonyl (C=O) groups excluding carboxylic acids is 3. The summed E-state index contributed by atoms with van der Waals surface area (Å²) in [5, 5.41) is 110. The minimum absolute atomic E-state index is 0.0326. The molecule has 3 fully saturated rings. The van der Waals surface area contributed by atoms with Gasteiger partial charge in [0.05, 0.1) is 13.2 Å². The van der Waals surface area contributed by atoms with Crippen LogP contribution in [0.3, 0.4) is 0 Å². The van der Waals surface area contributed by atoms with E-state index < -0.39 is 156 Å². The zero-order valence-corrected chi connectivity index (χ0v) is 55.6. The molecule has 0 spiro atoms. The molecule has 11 N–H and O–H groups in total. The van der Waals surface area contributed by atoms with E-state index in [2.05, 4.69) is 20.8 Å². The highest BCUT2D eigenvalue weighted by atomic mass is 31.2. The van der Waals surface area contributed by atoms with E-state index in [0.717, 1.165) is 89.9 Å². The first-order chi connectivity index (χ1) is 43.3. The zero-order valence-electron chi connectivity index (χ0n) is 54.7. The molecule has 0 amide bonds. The van der Waals surface area contributed by atoms with Crippen LogP contribution in [0, 0.1) is 0 Å². The molecule has 25 heteroatoms. The van der Waals surface area contributed by atoms with Crippen molar-refractivity contribution in [3.63, 3.8) is 0 Å². The van der Waals surface area contributed by atoms with Gasteiger partial charge < -0.3 is 89.1 Å². The van der Waals surface area contributed by atoms with Gasteiger partial charge >= 0.3 is 25.7 Å². The quantitative estimate of drug-likeness (QED) is 0.0119. The number of aliphatic hydroxyl groups excluding tert-OH is 10. The largest absolute Gasteiger partial charge is 0.472 e. The van der Waals surface area contributed by atoms with Gasteiger partial charge in [0.2, 0.25) is 0 Å². The summed E-state index contributed by atoms with van der Waals surface area (Å²) in [5.74, 6) is -1.98.